The van der Waals surface area contributed by atoms with E-state index in [-0.39, 0.29) is 19.1 Å². The summed E-state index contributed by atoms with van der Waals surface area (Å²) >= 11 is 5.94. The molecule has 1 fully saturated rings. The minimum atomic E-state index is -1.12. The quantitative estimate of drug-likeness (QED) is 0.655. The van der Waals surface area contributed by atoms with Crippen molar-refractivity contribution in [3.63, 3.8) is 0 Å². The lowest BCUT2D eigenvalue weighted by atomic mass is 9.88. The number of nitrogens with one attached hydrogen (secondary N) is 1. The third kappa shape index (κ3) is 3.18. The van der Waals surface area contributed by atoms with Gasteiger partial charge in [0.2, 0.25) is 0 Å². The van der Waals surface area contributed by atoms with E-state index in [1.165, 1.54) is 4.90 Å². The van der Waals surface area contributed by atoms with E-state index in [1.54, 1.807) is 31.2 Å². The highest BCUT2D eigenvalue weighted by Crippen LogP contribution is 2.33. The highest BCUT2D eigenvalue weighted by Gasteiger charge is 2.49. The second-order valence-corrected chi connectivity index (χ2v) is 7.28. The van der Waals surface area contributed by atoms with E-state index in [4.69, 9.17) is 16.3 Å². The fourth-order valence-electron chi connectivity index (χ4n) is 3.56. The number of urea groups is 1. The molecule has 1 saturated heterocycles. The van der Waals surface area contributed by atoms with Crippen molar-refractivity contribution in [2.45, 2.75) is 12.5 Å². The minimum Gasteiger partial charge on any atom is -0.492 e. The van der Waals surface area contributed by atoms with Crippen LogP contribution in [0.1, 0.15) is 12.5 Å². The normalized spacial score (nSPS) is 19.1. The number of amides is 3. The molecule has 1 atom stereocenters. The predicted octanol–water partition coefficient (Wildman–Crippen LogP) is 4.34. The molecule has 0 aromatic heterocycles. The number of halogens is 1. The fraction of sp³-hybridized carbons (Fsp3) is 0.182. The molecule has 1 aliphatic rings. The van der Waals surface area contributed by atoms with E-state index in [9.17, 15) is 9.59 Å². The first-order valence-corrected chi connectivity index (χ1v) is 9.37. The summed E-state index contributed by atoms with van der Waals surface area (Å²) in [5.41, 5.74) is -0.337. The summed E-state index contributed by atoms with van der Waals surface area (Å²) in [5, 5.41) is 5.39. The Balaban J connectivity index is 1.54. The lowest BCUT2D eigenvalue weighted by molar-refractivity contribution is -0.131. The lowest BCUT2D eigenvalue weighted by Crippen LogP contribution is -2.41. The number of nitrogens with zero attached hydrogens (tertiary/aromatic N) is 1. The van der Waals surface area contributed by atoms with Crippen LogP contribution in [0.25, 0.3) is 10.8 Å². The van der Waals surface area contributed by atoms with Crippen molar-refractivity contribution in [1.82, 2.24) is 10.2 Å². The van der Waals surface area contributed by atoms with Gasteiger partial charge in [-0.2, -0.15) is 0 Å². The van der Waals surface area contributed by atoms with Crippen molar-refractivity contribution >= 4 is 34.3 Å². The maximum Gasteiger partial charge on any atom is 0.325 e. The van der Waals surface area contributed by atoms with Crippen LogP contribution in [0.3, 0.4) is 0 Å². The Bertz CT molecular complexity index is 1060. The summed E-state index contributed by atoms with van der Waals surface area (Å²) in [4.78, 5) is 26.9. The molecule has 1 aliphatic heterocycles. The van der Waals surface area contributed by atoms with Crippen molar-refractivity contribution in [1.29, 1.82) is 0 Å². The molecule has 28 heavy (non-hydrogen) atoms. The number of imide groups is 1. The van der Waals surface area contributed by atoms with Gasteiger partial charge in [0.1, 0.15) is 17.9 Å². The monoisotopic (exact) mass is 394 g/mol. The maximum absolute atomic E-state index is 13.1. The average Bonchev–Trinajstić information content (AvgIpc) is 2.91. The molecule has 3 aromatic rings. The summed E-state index contributed by atoms with van der Waals surface area (Å²) in [6.07, 6.45) is 0. The SMILES string of the molecule is C[C@@]1(c2cccc3ccccc23)NC(=O)N(CCOc2cccc(Cl)c2)C1=O. The van der Waals surface area contributed by atoms with Gasteiger partial charge >= 0.3 is 6.03 Å². The van der Waals surface area contributed by atoms with Crippen molar-refractivity contribution in [2.75, 3.05) is 13.2 Å². The lowest BCUT2D eigenvalue weighted by Gasteiger charge is -2.24. The van der Waals surface area contributed by atoms with Crippen LogP contribution in [0, 0.1) is 0 Å². The van der Waals surface area contributed by atoms with Gasteiger partial charge in [-0.05, 0) is 41.5 Å². The van der Waals surface area contributed by atoms with Crippen molar-refractivity contribution < 1.29 is 14.3 Å². The van der Waals surface area contributed by atoms with Gasteiger partial charge in [0.05, 0.1) is 6.54 Å². The van der Waals surface area contributed by atoms with Crippen LogP contribution < -0.4 is 10.1 Å². The molecule has 5 nitrogen and oxygen atoms in total. The van der Waals surface area contributed by atoms with Crippen LogP contribution in [0.2, 0.25) is 5.02 Å². The summed E-state index contributed by atoms with van der Waals surface area (Å²) < 4.78 is 5.63. The predicted molar refractivity (Wildman–Crippen MR) is 108 cm³/mol. The zero-order valence-electron chi connectivity index (χ0n) is 15.3. The first kappa shape index (κ1) is 18.3. The third-order valence-electron chi connectivity index (χ3n) is 4.98. The average molecular weight is 395 g/mol. The number of fused-ring (bicyclic) bond motifs is 1. The molecule has 1 heterocycles. The van der Waals surface area contributed by atoms with E-state index < -0.39 is 11.6 Å². The zero-order valence-corrected chi connectivity index (χ0v) is 16.1. The molecule has 0 saturated carbocycles. The number of carbonyl (C=O) groups excluding carboxylic acids is 2. The zero-order chi connectivity index (χ0) is 19.7. The van der Waals surface area contributed by atoms with Crippen LogP contribution in [-0.4, -0.2) is 30.0 Å². The fourth-order valence-corrected chi connectivity index (χ4v) is 3.74. The van der Waals surface area contributed by atoms with Crippen molar-refractivity contribution in [2.24, 2.45) is 0 Å². The van der Waals surface area contributed by atoms with Crippen LogP contribution in [0.4, 0.5) is 4.79 Å². The minimum absolute atomic E-state index is 0.150. The summed E-state index contributed by atoms with van der Waals surface area (Å²) in [7, 11) is 0. The molecule has 0 aliphatic carbocycles. The Morgan fingerprint density at radius 3 is 2.61 bits per heavy atom. The number of ether oxygens (including phenoxy) is 1. The van der Waals surface area contributed by atoms with Gasteiger partial charge in [-0.1, -0.05) is 60.1 Å². The third-order valence-corrected chi connectivity index (χ3v) is 5.22. The largest absolute Gasteiger partial charge is 0.492 e. The second kappa shape index (κ2) is 7.17. The number of benzene rings is 3. The molecule has 1 N–H and O–H groups in total. The van der Waals surface area contributed by atoms with Gasteiger partial charge in [0.25, 0.3) is 5.91 Å². The van der Waals surface area contributed by atoms with Gasteiger partial charge in [0, 0.05) is 5.02 Å². The molecule has 3 amide bonds. The number of rotatable bonds is 5. The van der Waals surface area contributed by atoms with Gasteiger partial charge in [0.15, 0.2) is 0 Å². The Morgan fingerprint density at radius 1 is 1.04 bits per heavy atom. The van der Waals surface area contributed by atoms with Crippen molar-refractivity contribution in [3.05, 3.63) is 77.3 Å². The Labute approximate surface area is 167 Å². The molecular weight excluding hydrogens is 376 g/mol. The Hall–Kier alpha value is -3.05. The highest BCUT2D eigenvalue weighted by molar-refractivity contribution is 6.30. The number of hydrogen-bond donors (Lipinski definition) is 1. The standard InChI is InChI=1S/C22H19ClN2O3/c1-22(19-11-4-7-15-6-2-3-10-18(15)19)20(26)25(21(27)24-22)12-13-28-17-9-5-8-16(23)14-17/h2-11,14H,12-13H2,1H3,(H,24,27)/t22-/m0/s1. The topological polar surface area (TPSA) is 58.6 Å². The molecule has 3 aromatic carbocycles. The smallest absolute Gasteiger partial charge is 0.325 e. The molecule has 142 valence electrons. The van der Waals surface area contributed by atoms with E-state index >= 15 is 0 Å². The van der Waals surface area contributed by atoms with Crippen LogP contribution in [0.15, 0.2) is 66.7 Å². The van der Waals surface area contributed by atoms with Gasteiger partial charge in [-0.3, -0.25) is 9.69 Å². The van der Waals surface area contributed by atoms with Crippen LogP contribution in [-0.2, 0) is 10.3 Å². The molecule has 0 radical (unpaired) electrons. The molecular formula is C22H19ClN2O3. The van der Waals surface area contributed by atoms with Crippen LogP contribution >= 0.6 is 11.6 Å². The van der Waals surface area contributed by atoms with Gasteiger partial charge < -0.3 is 10.1 Å². The molecule has 0 spiro atoms. The second-order valence-electron chi connectivity index (χ2n) is 6.84. The Kier molecular flexibility index (Phi) is 4.69. The number of hydrogen-bond acceptors (Lipinski definition) is 3. The van der Waals surface area contributed by atoms with Crippen molar-refractivity contribution in [3.8, 4) is 5.75 Å². The number of carbonyl (C=O) groups is 2. The highest BCUT2D eigenvalue weighted by atomic mass is 35.5. The van der Waals surface area contributed by atoms with E-state index in [0.717, 1.165) is 16.3 Å². The first-order chi connectivity index (χ1) is 13.5. The van der Waals surface area contributed by atoms with E-state index in [2.05, 4.69) is 5.32 Å². The molecule has 6 heteroatoms. The van der Waals surface area contributed by atoms with Gasteiger partial charge in [-0.25, -0.2) is 4.79 Å². The van der Waals surface area contributed by atoms with E-state index in [1.807, 2.05) is 42.5 Å². The molecule has 0 bridgehead atoms. The molecule has 0 unspecified atom stereocenters. The summed E-state index contributed by atoms with van der Waals surface area (Å²) in [6.45, 7) is 2.08. The summed E-state index contributed by atoms with van der Waals surface area (Å²) in [5.74, 6) is 0.305. The summed E-state index contributed by atoms with van der Waals surface area (Å²) in [6, 6.07) is 20.2. The van der Waals surface area contributed by atoms with Crippen LogP contribution in [0.5, 0.6) is 5.75 Å². The maximum atomic E-state index is 13.1. The van der Waals surface area contributed by atoms with E-state index in [0.29, 0.717) is 10.8 Å². The first-order valence-electron chi connectivity index (χ1n) is 9.00. The Morgan fingerprint density at radius 2 is 1.79 bits per heavy atom. The molecule has 4 rings (SSSR count). The van der Waals surface area contributed by atoms with Gasteiger partial charge in [-0.15, -0.1) is 0 Å².